The number of pyridine rings is 1. The topological polar surface area (TPSA) is 80.1 Å². The van der Waals surface area contributed by atoms with Crippen molar-refractivity contribution in [3.63, 3.8) is 0 Å². The Labute approximate surface area is 248 Å². The second-order valence-corrected chi connectivity index (χ2v) is 15.3. The molecule has 2 fully saturated rings. The minimum absolute atomic E-state index is 0.0264. The molecule has 2 atom stereocenters. The number of hydrogen-bond donors (Lipinski definition) is 2. The Morgan fingerprint density at radius 3 is 2.74 bits per heavy atom. The van der Waals surface area contributed by atoms with E-state index < -0.39 is 12.7 Å². The zero-order chi connectivity index (χ0) is 30.1. The first kappa shape index (κ1) is 30.6. The van der Waals surface area contributed by atoms with E-state index in [9.17, 15) is 17.7 Å². The van der Waals surface area contributed by atoms with Gasteiger partial charge in [0.05, 0.1) is 36.4 Å². The van der Waals surface area contributed by atoms with Crippen molar-refractivity contribution in [1.82, 2.24) is 14.5 Å². The fraction of sp³-hybridized carbons (Fsp3) is 0.483. The molecule has 1 saturated heterocycles. The van der Waals surface area contributed by atoms with Crippen molar-refractivity contribution >= 4 is 41.2 Å². The maximum atomic E-state index is 13.6. The SMILES string of the molecule is COCCN1CC[C@]2(Nc3cccc4c(SC(F)(F)F)c(C#CCNc5ccc(P(C)(C)=O)cc5OC)nn34)C[C@@H]2C1. The van der Waals surface area contributed by atoms with Crippen LogP contribution in [0.5, 0.6) is 5.75 Å². The number of hydrogen-bond acceptors (Lipinski definition) is 8. The van der Waals surface area contributed by atoms with Crippen LogP contribution in [0.2, 0.25) is 0 Å². The van der Waals surface area contributed by atoms with Crippen molar-refractivity contribution < 1.29 is 27.2 Å². The van der Waals surface area contributed by atoms with Gasteiger partial charge in [-0.2, -0.15) is 18.3 Å². The Hall–Kier alpha value is -2.84. The van der Waals surface area contributed by atoms with Gasteiger partial charge in [0, 0.05) is 37.6 Å². The lowest BCUT2D eigenvalue weighted by Crippen LogP contribution is -2.42. The molecule has 42 heavy (non-hydrogen) atoms. The van der Waals surface area contributed by atoms with E-state index in [2.05, 4.69) is 32.5 Å². The highest BCUT2D eigenvalue weighted by atomic mass is 32.2. The van der Waals surface area contributed by atoms with Gasteiger partial charge in [-0.25, -0.2) is 4.52 Å². The van der Waals surface area contributed by atoms with E-state index in [1.165, 1.54) is 7.11 Å². The fourth-order valence-corrected chi connectivity index (χ4v) is 6.99. The molecule has 1 aromatic carbocycles. The van der Waals surface area contributed by atoms with E-state index in [4.69, 9.17) is 9.47 Å². The number of anilines is 2. The van der Waals surface area contributed by atoms with Gasteiger partial charge >= 0.3 is 5.51 Å². The summed E-state index contributed by atoms with van der Waals surface area (Å²) in [5.74, 6) is 7.39. The van der Waals surface area contributed by atoms with Crippen molar-refractivity contribution in [1.29, 1.82) is 0 Å². The van der Waals surface area contributed by atoms with Crippen LogP contribution in [0.25, 0.3) is 5.52 Å². The Morgan fingerprint density at radius 1 is 1.24 bits per heavy atom. The highest BCUT2D eigenvalue weighted by Gasteiger charge is 2.56. The van der Waals surface area contributed by atoms with Gasteiger partial charge < -0.3 is 29.6 Å². The Balaban J connectivity index is 1.36. The number of fused-ring (bicyclic) bond motifs is 2. The maximum Gasteiger partial charge on any atom is 0.446 e. The molecular weight excluding hydrogens is 586 g/mol. The highest BCUT2D eigenvalue weighted by molar-refractivity contribution is 8.00. The van der Waals surface area contributed by atoms with Crippen LogP contribution in [0, 0.1) is 17.8 Å². The van der Waals surface area contributed by atoms with Crippen molar-refractivity contribution in [2.24, 2.45) is 5.92 Å². The molecule has 8 nitrogen and oxygen atoms in total. The van der Waals surface area contributed by atoms with E-state index in [1.54, 1.807) is 55.3 Å². The minimum Gasteiger partial charge on any atom is -0.495 e. The molecule has 0 bridgehead atoms. The number of nitrogens with one attached hydrogen (secondary N) is 2. The summed E-state index contributed by atoms with van der Waals surface area (Å²) in [6.45, 7) is 7.00. The average molecular weight is 622 g/mol. The van der Waals surface area contributed by atoms with Crippen molar-refractivity contribution in [2.75, 3.05) is 71.0 Å². The molecule has 0 radical (unpaired) electrons. The molecule has 2 N–H and O–H groups in total. The highest BCUT2D eigenvalue weighted by Crippen LogP contribution is 2.52. The van der Waals surface area contributed by atoms with Crippen LogP contribution in [0.3, 0.4) is 0 Å². The molecule has 1 saturated carbocycles. The Kier molecular flexibility index (Phi) is 8.77. The molecular formula is C29H35F3N5O3PS. The zero-order valence-electron chi connectivity index (χ0n) is 24.0. The molecule has 0 spiro atoms. The Morgan fingerprint density at radius 2 is 2.05 bits per heavy atom. The van der Waals surface area contributed by atoms with Gasteiger partial charge in [0.2, 0.25) is 0 Å². The average Bonchev–Trinajstić information content (AvgIpc) is 3.54. The van der Waals surface area contributed by atoms with Crippen LogP contribution >= 0.6 is 18.9 Å². The van der Waals surface area contributed by atoms with Crippen LogP contribution in [-0.4, -0.2) is 85.9 Å². The van der Waals surface area contributed by atoms with Crippen molar-refractivity contribution in [3.8, 4) is 17.6 Å². The van der Waals surface area contributed by atoms with Gasteiger partial charge in [-0.05, 0) is 80.1 Å². The fourth-order valence-electron chi connectivity index (χ4n) is 5.45. The summed E-state index contributed by atoms with van der Waals surface area (Å²) in [5.41, 5.74) is -3.51. The van der Waals surface area contributed by atoms with E-state index in [-0.39, 0.29) is 34.4 Å². The van der Waals surface area contributed by atoms with E-state index >= 15 is 0 Å². The lowest BCUT2D eigenvalue weighted by Gasteiger charge is -2.32. The van der Waals surface area contributed by atoms with Crippen molar-refractivity contribution in [3.05, 3.63) is 42.1 Å². The number of likely N-dealkylation sites (tertiary alicyclic amines) is 1. The number of nitrogens with zero attached hydrogens (tertiary/aromatic N) is 3. The lowest BCUT2D eigenvalue weighted by molar-refractivity contribution is -0.0327. The molecule has 3 heterocycles. The molecule has 226 valence electrons. The van der Waals surface area contributed by atoms with Gasteiger partial charge in [0.1, 0.15) is 24.4 Å². The third kappa shape index (κ3) is 6.86. The van der Waals surface area contributed by atoms with Crippen LogP contribution in [0.1, 0.15) is 18.5 Å². The first-order valence-electron chi connectivity index (χ1n) is 13.7. The molecule has 2 aromatic heterocycles. The summed E-state index contributed by atoms with van der Waals surface area (Å²) in [7, 11) is 0.753. The minimum atomic E-state index is -4.50. The van der Waals surface area contributed by atoms with Crippen LogP contribution < -0.4 is 20.7 Å². The van der Waals surface area contributed by atoms with E-state index in [0.717, 1.165) is 32.5 Å². The first-order chi connectivity index (χ1) is 19.9. The molecule has 1 aliphatic heterocycles. The predicted octanol–water partition coefficient (Wildman–Crippen LogP) is 5.19. The molecule has 2 aliphatic rings. The van der Waals surface area contributed by atoms with E-state index in [1.807, 2.05) is 6.07 Å². The third-order valence-corrected chi connectivity index (χ3v) is 10.1. The summed E-state index contributed by atoms with van der Waals surface area (Å²) in [4.78, 5) is 2.37. The smallest absolute Gasteiger partial charge is 0.446 e. The number of piperidine rings is 1. The molecule has 0 amide bonds. The lowest BCUT2D eigenvalue weighted by atomic mass is 10.0. The molecule has 0 unspecified atom stereocenters. The van der Waals surface area contributed by atoms with Gasteiger partial charge in [-0.15, -0.1) is 0 Å². The summed E-state index contributed by atoms with van der Waals surface area (Å²) >= 11 is -0.199. The molecule has 13 heteroatoms. The Bertz CT molecular complexity index is 1560. The normalized spacial score (nSPS) is 20.5. The number of thioether (sulfide) groups is 1. The first-order valence-corrected chi connectivity index (χ1v) is 17.1. The number of alkyl halides is 3. The summed E-state index contributed by atoms with van der Waals surface area (Å²) < 4.78 is 65.4. The summed E-state index contributed by atoms with van der Waals surface area (Å²) in [5, 5.41) is 12.0. The quantitative estimate of drug-likeness (QED) is 0.182. The van der Waals surface area contributed by atoms with Crippen LogP contribution in [0.4, 0.5) is 24.7 Å². The van der Waals surface area contributed by atoms with Gasteiger partial charge in [0.25, 0.3) is 0 Å². The number of rotatable bonds is 10. The predicted molar refractivity (Wildman–Crippen MR) is 162 cm³/mol. The monoisotopic (exact) mass is 621 g/mol. The number of methoxy groups -OCH3 is 2. The molecule has 3 aromatic rings. The van der Waals surface area contributed by atoms with Crippen LogP contribution in [0.15, 0.2) is 41.3 Å². The second-order valence-electron chi connectivity index (χ2n) is 11.0. The third-order valence-electron chi connectivity index (χ3n) is 7.78. The van der Waals surface area contributed by atoms with Gasteiger partial charge in [0.15, 0.2) is 0 Å². The molecule has 1 aliphatic carbocycles. The number of aromatic nitrogens is 2. The maximum absolute atomic E-state index is 13.6. The standard InChI is InChI=1S/C29H35F3N5O3PS/c1-39-16-15-36-14-12-28(18-20(28)19-36)34-26-9-5-8-24-27(42-29(30,31)32)23(35-37(24)26)7-6-13-33-22-11-10-21(41(3,4)38)17-25(22)40-2/h5,8-11,17,20,33-34H,12-16,18-19H2,1-4H3/t20-,28+/m1/s1. The summed E-state index contributed by atoms with van der Waals surface area (Å²) in [6, 6.07) is 10.5. The second kappa shape index (κ2) is 12.0. The van der Waals surface area contributed by atoms with Gasteiger partial charge in [-0.3, -0.25) is 0 Å². The number of benzene rings is 1. The van der Waals surface area contributed by atoms with Crippen molar-refractivity contribution in [2.45, 2.75) is 28.8 Å². The van der Waals surface area contributed by atoms with Crippen LogP contribution in [-0.2, 0) is 9.30 Å². The van der Waals surface area contributed by atoms with E-state index in [0.29, 0.717) is 40.6 Å². The zero-order valence-corrected chi connectivity index (χ0v) is 25.8. The molecule has 5 rings (SSSR count). The summed E-state index contributed by atoms with van der Waals surface area (Å²) in [6.07, 6.45) is 1.95. The number of halogens is 3. The van der Waals surface area contributed by atoms with Gasteiger partial charge in [-0.1, -0.05) is 12.0 Å². The number of ether oxygens (including phenoxy) is 2. The largest absolute Gasteiger partial charge is 0.495 e.